The summed E-state index contributed by atoms with van der Waals surface area (Å²) in [6, 6.07) is 18.5. The molecule has 1 heterocycles. The van der Waals surface area contributed by atoms with Gasteiger partial charge < -0.3 is 5.32 Å². The van der Waals surface area contributed by atoms with Gasteiger partial charge in [0.15, 0.2) is 5.82 Å². The van der Waals surface area contributed by atoms with Crippen LogP contribution in [0.4, 0.5) is 5.82 Å². The molecule has 2 N–H and O–H groups in total. The van der Waals surface area contributed by atoms with Crippen molar-refractivity contribution in [2.75, 3.05) is 5.32 Å². The molecule has 1 amide bonds. The Morgan fingerprint density at radius 1 is 1.12 bits per heavy atom. The second-order valence-corrected chi connectivity index (χ2v) is 6.58. The van der Waals surface area contributed by atoms with Gasteiger partial charge in [-0.2, -0.15) is 5.10 Å². The number of H-pyrrole nitrogens is 1. The molecule has 1 aliphatic rings. The summed E-state index contributed by atoms with van der Waals surface area (Å²) in [5.74, 6) is 0.604. The van der Waals surface area contributed by atoms with Crippen molar-refractivity contribution in [1.82, 2.24) is 10.2 Å². The topological polar surface area (TPSA) is 57.8 Å². The van der Waals surface area contributed by atoms with Crippen LogP contribution in [0.3, 0.4) is 0 Å². The molecule has 4 rings (SSSR count). The van der Waals surface area contributed by atoms with Gasteiger partial charge in [-0.15, -0.1) is 0 Å². The number of aryl methyl sites for hydroxylation is 1. The fraction of sp³-hybridized carbons (Fsp3) is 0.238. The van der Waals surface area contributed by atoms with E-state index in [1.807, 2.05) is 18.2 Å². The molecule has 3 aromatic rings. The SMILES string of the molecule is CCc1ccc(-c2cc(NC(=O)C3Cc4ccccc4C3)n[nH]2)cc1. The monoisotopic (exact) mass is 331 g/mol. The number of fused-ring (bicyclic) bond motifs is 1. The lowest BCUT2D eigenvalue weighted by Gasteiger charge is -2.07. The summed E-state index contributed by atoms with van der Waals surface area (Å²) in [5, 5.41) is 10.2. The molecule has 0 fully saturated rings. The second-order valence-electron chi connectivity index (χ2n) is 6.58. The maximum absolute atomic E-state index is 12.5. The fourth-order valence-corrected chi connectivity index (χ4v) is 3.43. The van der Waals surface area contributed by atoms with E-state index in [2.05, 4.69) is 58.8 Å². The third-order valence-corrected chi connectivity index (χ3v) is 4.92. The Kier molecular flexibility index (Phi) is 4.10. The lowest BCUT2D eigenvalue weighted by Crippen LogP contribution is -2.23. The van der Waals surface area contributed by atoms with Crippen molar-refractivity contribution >= 4 is 11.7 Å². The van der Waals surface area contributed by atoms with Crippen LogP contribution >= 0.6 is 0 Å². The molecule has 0 aliphatic heterocycles. The van der Waals surface area contributed by atoms with Gasteiger partial charge in [-0.3, -0.25) is 9.89 Å². The number of carbonyl (C=O) groups is 1. The van der Waals surface area contributed by atoms with Crippen molar-refractivity contribution in [3.8, 4) is 11.3 Å². The smallest absolute Gasteiger partial charge is 0.229 e. The number of hydrogen-bond acceptors (Lipinski definition) is 2. The number of aromatic amines is 1. The molecule has 0 saturated heterocycles. The highest BCUT2D eigenvalue weighted by Gasteiger charge is 2.27. The molecule has 0 unspecified atom stereocenters. The third kappa shape index (κ3) is 3.20. The third-order valence-electron chi connectivity index (χ3n) is 4.92. The van der Waals surface area contributed by atoms with E-state index in [4.69, 9.17) is 0 Å². The van der Waals surface area contributed by atoms with Crippen LogP contribution in [0.25, 0.3) is 11.3 Å². The first kappa shape index (κ1) is 15.6. The van der Waals surface area contributed by atoms with Gasteiger partial charge in [-0.25, -0.2) is 0 Å². The Hall–Kier alpha value is -2.88. The van der Waals surface area contributed by atoms with Crippen LogP contribution in [0.1, 0.15) is 23.6 Å². The van der Waals surface area contributed by atoms with Crippen LogP contribution in [0.5, 0.6) is 0 Å². The minimum Gasteiger partial charge on any atom is -0.309 e. The van der Waals surface area contributed by atoms with Crippen molar-refractivity contribution in [3.63, 3.8) is 0 Å². The predicted octanol–water partition coefficient (Wildman–Crippen LogP) is 3.99. The van der Waals surface area contributed by atoms with Gasteiger partial charge >= 0.3 is 0 Å². The lowest BCUT2D eigenvalue weighted by molar-refractivity contribution is -0.119. The number of aromatic nitrogens is 2. The molecule has 1 aliphatic carbocycles. The number of hydrogen-bond donors (Lipinski definition) is 2. The first-order chi connectivity index (χ1) is 12.2. The van der Waals surface area contributed by atoms with Crippen molar-refractivity contribution in [2.24, 2.45) is 5.92 Å². The van der Waals surface area contributed by atoms with Crippen molar-refractivity contribution in [3.05, 3.63) is 71.3 Å². The highest BCUT2D eigenvalue weighted by atomic mass is 16.2. The van der Waals surface area contributed by atoms with E-state index in [0.717, 1.165) is 30.5 Å². The highest BCUT2D eigenvalue weighted by Crippen LogP contribution is 2.28. The average Bonchev–Trinajstić information content (AvgIpc) is 3.28. The molecule has 4 heteroatoms. The van der Waals surface area contributed by atoms with Crippen LogP contribution in [0, 0.1) is 5.92 Å². The molecule has 0 atom stereocenters. The van der Waals surface area contributed by atoms with E-state index in [9.17, 15) is 4.79 Å². The van der Waals surface area contributed by atoms with Crippen LogP contribution in [-0.4, -0.2) is 16.1 Å². The first-order valence-corrected chi connectivity index (χ1v) is 8.75. The Labute approximate surface area is 147 Å². The molecule has 1 aromatic heterocycles. The minimum absolute atomic E-state index is 0.0126. The Balaban J connectivity index is 1.43. The molecule has 0 radical (unpaired) electrons. The minimum atomic E-state index is -0.0126. The van der Waals surface area contributed by atoms with Gasteiger partial charge in [0, 0.05) is 12.0 Å². The summed E-state index contributed by atoms with van der Waals surface area (Å²) in [7, 11) is 0. The van der Waals surface area contributed by atoms with E-state index in [0.29, 0.717) is 5.82 Å². The van der Waals surface area contributed by atoms with E-state index < -0.39 is 0 Å². The molecule has 2 aromatic carbocycles. The molecule has 0 spiro atoms. The highest BCUT2D eigenvalue weighted by molar-refractivity contribution is 5.93. The zero-order valence-electron chi connectivity index (χ0n) is 14.3. The summed E-state index contributed by atoms with van der Waals surface area (Å²) >= 11 is 0. The number of benzene rings is 2. The maximum atomic E-state index is 12.5. The van der Waals surface area contributed by atoms with E-state index >= 15 is 0 Å². The number of amides is 1. The van der Waals surface area contributed by atoms with Gasteiger partial charge in [0.05, 0.1) is 5.69 Å². The van der Waals surface area contributed by atoms with Gasteiger partial charge in [0.1, 0.15) is 0 Å². The normalized spacial score (nSPS) is 13.6. The zero-order valence-corrected chi connectivity index (χ0v) is 14.3. The number of carbonyl (C=O) groups excluding carboxylic acids is 1. The molecule has 0 saturated carbocycles. The molecule has 126 valence electrons. The van der Waals surface area contributed by atoms with E-state index in [1.165, 1.54) is 16.7 Å². The number of anilines is 1. The summed E-state index contributed by atoms with van der Waals surface area (Å²) in [5.41, 5.74) is 5.84. The van der Waals surface area contributed by atoms with Crippen LogP contribution in [0.15, 0.2) is 54.6 Å². The Morgan fingerprint density at radius 3 is 2.44 bits per heavy atom. The average molecular weight is 331 g/mol. The summed E-state index contributed by atoms with van der Waals surface area (Å²) in [6.45, 7) is 2.14. The van der Waals surface area contributed by atoms with Crippen molar-refractivity contribution < 1.29 is 4.79 Å². The predicted molar refractivity (Wildman–Crippen MR) is 99.4 cm³/mol. The lowest BCUT2D eigenvalue weighted by atomic mass is 10.1. The van der Waals surface area contributed by atoms with Gasteiger partial charge in [-0.05, 0) is 41.5 Å². The van der Waals surface area contributed by atoms with Crippen molar-refractivity contribution in [1.29, 1.82) is 0 Å². The fourth-order valence-electron chi connectivity index (χ4n) is 3.43. The number of nitrogens with zero attached hydrogens (tertiary/aromatic N) is 1. The second kappa shape index (κ2) is 6.55. The summed E-state index contributed by atoms with van der Waals surface area (Å²) in [6.07, 6.45) is 2.63. The van der Waals surface area contributed by atoms with Crippen LogP contribution < -0.4 is 5.32 Å². The molecule has 25 heavy (non-hydrogen) atoms. The first-order valence-electron chi connectivity index (χ1n) is 8.75. The Bertz CT molecular complexity index is 871. The summed E-state index contributed by atoms with van der Waals surface area (Å²) in [4.78, 5) is 12.5. The van der Waals surface area contributed by atoms with Gasteiger partial charge in [0.25, 0.3) is 0 Å². The van der Waals surface area contributed by atoms with E-state index in [1.54, 1.807) is 0 Å². The zero-order chi connectivity index (χ0) is 17.2. The number of nitrogens with one attached hydrogen (secondary N) is 2. The van der Waals surface area contributed by atoms with E-state index in [-0.39, 0.29) is 11.8 Å². The van der Waals surface area contributed by atoms with Gasteiger partial charge in [0.2, 0.25) is 5.91 Å². The largest absolute Gasteiger partial charge is 0.309 e. The molecular formula is C21H21N3O. The standard InChI is InChI=1S/C21H21N3O/c1-2-14-7-9-15(10-8-14)19-13-20(24-23-19)22-21(25)18-11-16-5-3-4-6-17(16)12-18/h3-10,13,18H,2,11-12H2,1H3,(H2,22,23,24,25). The summed E-state index contributed by atoms with van der Waals surface area (Å²) < 4.78 is 0. The Morgan fingerprint density at radius 2 is 1.80 bits per heavy atom. The molecule has 0 bridgehead atoms. The molecular weight excluding hydrogens is 310 g/mol. The van der Waals surface area contributed by atoms with Gasteiger partial charge in [-0.1, -0.05) is 55.5 Å². The van der Waals surface area contributed by atoms with Crippen LogP contribution in [0.2, 0.25) is 0 Å². The van der Waals surface area contributed by atoms with Crippen LogP contribution in [-0.2, 0) is 24.1 Å². The maximum Gasteiger partial charge on any atom is 0.229 e. The quantitative estimate of drug-likeness (QED) is 0.759. The number of rotatable bonds is 4. The molecule has 4 nitrogen and oxygen atoms in total. The van der Waals surface area contributed by atoms with Crippen molar-refractivity contribution in [2.45, 2.75) is 26.2 Å².